The van der Waals surface area contributed by atoms with Crippen molar-refractivity contribution in [1.29, 1.82) is 0 Å². The Bertz CT molecular complexity index is 1040. The summed E-state index contributed by atoms with van der Waals surface area (Å²) >= 11 is 0. The molecule has 0 saturated carbocycles. The highest BCUT2D eigenvalue weighted by atomic mass is 31.1. The second-order valence-electron chi connectivity index (χ2n) is 7.81. The first-order chi connectivity index (χ1) is 15.4. The first-order valence-corrected chi connectivity index (χ1v) is 11.6. The Morgan fingerprint density at radius 3 is 2.31 bits per heavy atom. The quantitative estimate of drug-likeness (QED) is 0.321. The van der Waals surface area contributed by atoms with Crippen LogP contribution in [-0.4, -0.2) is 14.2 Å². The zero-order valence-corrected chi connectivity index (χ0v) is 19.9. The van der Waals surface area contributed by atoms with E-state index in [2.05, 4.69) is 13.8 Å². The number of hydrogen-bond acceptors (Lipinski definition) is 3. The molecule has 0 aromatic heterocycles. The van der Waals surface area contributed by atoms with E-state index >= 15 is 0 Å². The molecule has 3 rings (SSSR count). The lowest BCUT2D eigenvalue weighted by Gasteiger charge is -2.33. The van der Waals surface area contributed by atoms with Gasteiger partial charge in [0, 0.05) is 28.2 Å². The molecule has 0 spiro atoms. The Morgan fingerprint density at radius 1 is 0.938 bits per heavy atom. The molecular weight excluding hydrogens is 429 g/mol. The molecule has 0 fully saturated rings. The molecule has 0 saturated heterocycles. The number of halogens is 2. The number of hydrogen-bond donors (Lipinski definition) is 0. The van der Waals surface area contributed by atoms with E-state index in [1.54, 1.807) is 20.3 Å². The van der Waals surface area contributed by atoms with Crippen LogP contribution in [0, 0.1) is 11.6 Å². The van der Waals surface area contributed by atoms with Crippen LogP contribution in [0.2, 0.25) is 0 Å². The van der Waals surface area contributed by atoms with Gasteiger partial charge in [-0.1, -0.05) is 59.2 Å². The van der Waals surface area contributed by atoms with E-state index in [9.17, 15) is 8.78 Å². The maximum Gasteiger partial charge on any atom is 0.166 e. The lowest BCUT2D eigenvalue weighted by atomic mass is 9.93. The van der Waals surface area contributed by atoms with E-state index in [1.807, 2.05) is 36.4 Å². The molecule has 32 heavy (non-hydrogen) atoms. The average Bonchev–Trinajstić information content (AvgIpc) is 2.80. The van der Waals surface area contributed by atoms with Gasteiger partial charge in [0.15, 0.2) is 11.5 Å². The van der Waals surface area contributed by atoms with Gasteiger partial charge in [-0.15, -0.1) is 0 Å². The van der Waals surface area contributed by atoms with Crippen molar-refractivity contribution in [3.05, 3.63) is 83.4 Å². The molecule has 0 heterocycles. The second kappa shape index (κ2) is 10.8. The van der Waals surface area contributed by atoms with Gasteiger partial charge in [0.1, 0.15) is 24.0 Å². The third-order valence-electron chi connectivity index (χ3n) is 5.40. The van der Waals surface area contributed by atoms with Gasteiger partial charge in [-0.3, -0.25) is 0 Å². The fraction of sp³-hybridized carbons (Fsp3) is 0.308. The van der Waals surface area contributed by atoms with Gasteiger partial charge in [-0.25, -0.2) is 8.78 Å². The number of rotatable bonds is 10. The molecule has 0 radical (unpaired) electrons. The summed E-state index contributed by atoms with van der Waals surface area (Å²) in [6.07, 6.45) is 1.66. The molecule has 0 aliphatic heterocycles. The minimum atomic E-state index is -0.580. The van der Waals surface area contributed by atoms with Crippen molar-refractivity contribution in [3.63, 3.8) is 0 Å². The lowest BCUT2D eigenvalue weighted by Crippen LogP contribution is -2.22. The molecule has 0 bridgehead atoms. The van der Waals surface area contributed by atoms with Crippen LogP contribution >= 0.6 is 8.58 Å². The van der Waals surface area contributed by atoms with Crippen molar-refractivity contribution in [3.8, 4) is 17.2 Å². The molecule has 0 aliphatic rings. The number of benzene rings is 3. The molecule has 6 heteroatoms. The van der Waals surface area contributed by atoms with Gasteiger partial charge in [-0.2, -0.15) is 0 Å². The Labute approximate surface area is 190 Å². The van der Waals surface area contributed by atoms with E-state index in [0.717, 1.165) is 30.0 Å². The molecular formula is C26H29F2O3P. The van der Waals surface area contributed by atoms with E-state index < -0.39 is 16.8 Å². The van der Waals surface area contributed by atoms with Gasteiger partial charge in [0.05, 0.1) is 14.2 Å². The van der Waals surface area contributed by atoms with E-state index in [4.69, 9.17) is 14.2 Å². The molecule has 3 nitrogen and oxygen atoms in total. The van der Waals surface area contributed by atoms with E-state index in [-0.39, 0.29) is 8.58 Å². The van der Waals surface area contributed by atoms with Gasteiger partial charge in [-0.05, 0) is 30.2 Å². The van der Waals surface area contributed by atoms with Gasteiger partial charge >= 0.3 is 0 Å². The second-order valence-corrected chi connectivity index (χ2v) is 9.70. The maximum atomic E-state index is 14.6. The van der Waals surface area contributed by atoms with Crippen LogP contribution in [0.5, 0.6) is 17.2 Å². The summed E-state index contributed by atoms with van der Waals surface area (Å²) < 4.78 is 45.5. The van der Waals surface area contributed by atoms with Crippen molar-refractivity contribution < 1.29 is 23.0 Å². The topological polar surface area (TPSA) is 27.7 Å². The largest absolute Gasteiger partial charge is 0.497 e. The molecule has 0 N–H and O–H groups in total. The molecule has 2 atom stereocenters. The van der Waals surface area contributed by atoms with Crippen molar-refractivity contribution >= 4 is 13.9 Å². The van der Waals surface area contributed by atoms with Crippen LogP contribution in [0.1, 0.15) is 37.8 Å². The predicted octanol–water partition coefficient (Wildman–Crippen LogP) is 6.58. The van der Waals surface area contributed by atoms with Crippen LogP contribution in [0.4, 0.5) is 8.78 Å². The van der Waals surface area contributed by atoms with Gasteiger partial charge in [0.2, 0.25) is 0 Å². The zero-order chi connectivity index (χ0) is 23.1. The highest BCUT2D eigenvalue weighted by molar-refractivity contribution is 7.48. The Balaban J connectivity index is 2.08. The van der Waals surface area contributed by atoms with E-state index in [1.165, 1.54) is 12.1 Å². The maximum absolute atomic E-state index is 14.6. The molecule has 170 valence electrons. The average molecular weight is 458 g/mol. The smallest absolute Gasteiger partial charge is 0.166 e. The van der Waals surface area contributed by atoms with Crippen molar-refractivity contribution in [2.75, 3.05) is 14.2 Å². The first-order valence-electron chi connectivity index (χ1n) is 10.6. The summed E-state index contributed by atoms with van der Waals surface area (Å²) in [5, 5.41) is 0.0134. The molecule has 3 aromatic carbocycles. The molecule has 3 aromatic rings. The summed E-state index contributed by atoms with van der Waals surface area (Å²) in [7, 11) is 3.25. The Hall–Kier alpha value is -2.65. The van der Waals surface area contributed by atoms with Crippen LogP contribution in [-0.2, 0) is 11.8 Å². The normalized spacial score (nSPS) is 13.2. The number of ether oxygens (including phenoxy) is 3. The fourth-order valence-corrected chi connectivity index (χ4v) is 5.44. The molecule has 0 amide bonds. The molecule has 2 unspecified atom stereocenters. The minimum Gasteiger partial charge on any atom is -0.497 e. The summed E-state index contributed by atoms with van der Waals surface area (Å²) in [4.78, 5) is 0. The summed E-state index contributed by atoms with van der Waals surface area (Å²) in [5.41, 5.74) is 1.91. The summed E-state index contributed by atoms with van der Waals surface area (Å²) in [6, 6.07) is 17.4. The van der Waals surface area contributed by atoms with Crippen LogP contribution < -0.4 is 19.5 Å². The van der Waals surface area contributed by atoms with Crippen molar-refractivity contribution in [2.45, 2.75) is 38.5 Å². The lowest BCUT2D eigenvalue weighted by molar-refractivity contribution is 0.276. The van der Waals surface area contributed by atoms with Gasteiger partial charge in [0.25, 0.3) is 0 Å². The monoisotopic (exact) mass is 458 g/mol. The highest BCUT2D eigenvalue weighted by Gasteiger charge is 2.33. The van der Waals surface area contributed by atoms with Crippen LogP contribution in [0.15, 0.2) is 60.7 Å². The third-order valence-corrected chi connectivity index (χ3v) is 7.14. The van der Waals surface area contributed by atoms with Crippen molar-refractivity contribution in [1.82, 2.24) is 0 Å². The first kappa shape index (κ1) is 24.0. The SMILES string of the molecule is CCCC(C)(Pc1ccc(F)cc1F)c1cc(OC)cc(OC)c1OCc1ccccc1. The van der Waals surface area contributed by atoms with Crippen LogP contribution in [0.25, 0.3) is 0 Å². The van der Waals surface area contributed by atoms with Gasteiger partial charge < -0.3 is 14.2 Å². The highest BCUT2D eigenvalue weighted by Crippen LogP contribution is 2.52. The Morgan fingerprint density at radius 2 is 1.69 bits per heavy atom. The third kappa shape index (κ3) is 5.58. The fourth-order valence-electron chi connectivity index (χ4n) is 3.79. The molecule has 0 aliphatic carbocycles. The predicted molar refractivity (Wildman–Crippen MR) is 127 cm³/mol. The Kier molecular flexibility index (Phi) is 8.09. The number of methoxy groups -OCH3 is 2. The minimum absolute atomic E-state index is 0.0581. The van der Waals surface area contributed by atoms with Crippen LogP contribution in [0.3, 0.4) is 0 Å². The van der Waals surface area contributed by atoms with E-state index in [0.29, 0.717) is 29.2 Å². The van der Waals surface area contributed by atoms with Crippen molar-refractivity contribution in [2.24, 2.45) is 0 Å². The zero-order valence-electron chi connectivity index (χ0n) is 18.9. The summed E-state index contributed by atoms with van der Waals surface area (Å²) in [6.45, 7) is 4.54. The standard InChI is InChI=1S/C26H29F2O3P/c1-5-13-26(2,32-24-12-11-19(27)14-22(24)28)21-15-20(29-3)16-23(30-4)25(21)31-17-18-9-7-6-8-10-18/h6-12,14-16,32H,5,13,17H2,1-4H3. The summed E-state index contributed by atoms with van der Waals surface area (Å²) in [5.74, 6) is 0.691.